The van der Waals surface area contributed by atoms with Crippen molar-refractivity contribution in [3.8, 4) is 11.5 Å². The number of rotatable bonds is 4. The number of carbonyl (C=O) groups is 1. The monoisotopic (exact) mass is 478 g/mol. The maximum absolute atomic E-state index is 11.6. The van der Waals surface area contributed by atoms with Crippen molar-refractivity contribution in [2.24, 2.45) is 5.92 Å². The number of likely N-dealkylation sites (N-methyl/N-ethyl adjacent to an activating group) is 1. The number of aliphatic hydroxyl groups is 3. The van der Waals surface area contributed by atoms with Crippen LogP contribution in [-0.4, -0.2) is 101 Å². The fourth-order valence-corrected chi connectivity index (χ4v) is 6.62. The first kappa shape index (κ1) is 19.0. The molecule has 10 atom stereocenters. The van der Waals surface area contributed by atoms with E-state index in [-0.39, 0.29) is 12.0 Å². The Labute approximate surface area is 200 Å². The number of aliphatic hydroxyl groups excluding tert-OH is 3. The van der Waals surface area contributed by atoms with Gasteiger partial charge in [0.2, 0.25) is 0 Å². The van der Waals surface area contributed by atoms with Crippen molar-refractivity contribution in [2.45, 2.75) is 67.2 Å². The summed E-state index contributed by atoms with van der Waals surface area (Å²) in [6.45, 7) is -1.96. The van der Waals surface area contributed by atoms with Gasteiger partial charge in [-0.2, -0.15) is 0 Å². The third kappa shape index (κ3) is 2.81. The largest absolute Gasteiger partial charge is 0.493 e. The Bertz CT molecular complexity index is 1150. The van der Waals surface area contributed by atoms with Crippen LogP contribution in [0.5, 0.6) is 11.5 Å². The molecule has 1 aromatic rings. The Balaban J connectivity index is 1.40. The molecular weight excluding hydrogens is 446 g/mol. The lowest BCUT2D eigenvalue weighted by Gasteiger charge is -2.57. The molecule has 1 aromatic carbocycles. The molecule has 3 heterocycles. The zero-order chi connectivity index (χ0) is 26.4. The predicted molar refractivity (Wildman–Crippen MR) is 116 cm³/mol. The Morgan fingerprint density at radius 3 is 2.79 bits per heavy atom. The van der Waals surface area contributed by atoms with Crippen LogP contribution in [0.1, 0.15) is 21.7 Å². The first-order chi connectivity index (χ1) is 17.5. The number of ether oxygens (including phenoxy) is 4. The molecule has 2 aliphatic carbocycles. The minimum absolute atomic E-state index is 0.205. The van der Waals surface area contributed by atoms with Gasteiger partial charge in [0.1, 0.15) is 30.5 Å². The van der Waals surface area contributed by atoms with Gasteiger partial charge in [0.15, 0.2) is 23.9 Å². The average Bonchev–Trinajstić information content (AvgIpc) is 3.18. The summed E-state index contributed by atoms with van der Waals surface area (Å²) < 4.78 is 47.8. The van der Waals surface area contributed by atoms with Gasteiger partial charge in [-0.25, -0.2) is 4.79 Å². The number of nitrogens with zero attached hydrogens (tertiary/aromatic N) is 1. The summed E-state index contributed by atoms with van der Waals surface area (Å²) in [7, 11) is 1.54. The van der Waals surface area contributed by atoms with E-state index < -0.39 is 61.3 Å². The lowest BCUT2D eigenvalue weighted by molar-refractivity contribution is -0.307. The molecule has 0 unspecified atom stereocenters. The van der Waals surface area contributed by atoms with E-state index in [1.165, 1.54) is 0 Å². The second-order valence-electron chi connectivity index (χ2n) is 9.67. The highest BCUT2D eigenvalue weighted by atomic mass is 16.7. The smallest absolute Gasteiger partial charge is 0.335 e. The molecule has 0 amide bonds. The van der Waals surface area contributed by atoms with Crippen LogP contribution in [0.2, 0.25) is 0 Å². The molecule has 2 bridgehead atoms. The van der Waals surface area contributed by atoms with Gasteiger partial charge in [0.05, 0.1) is 7.11 Å². The lowest BCUT2D eigenvalue weighted by Crippen LogP contribution is -2.66. The van der Waals surface area contributed by atoms with Crippen molar-refractivity contribution >= 4 is 5.97 Å². The first-order valence-corrected chi connectivity index (χ1v) is 11.4. The van der Waals surface area contributed by atoms with E-state index in [0.29, 0.717) is 30.9 Å². The minimum Gasteiger partial charge on any atom is -0.493 e. The van der Waals surface area contributed by atoms with Gasteiger partial charge < -0.3 is 44.3 Å². The highest BCUT2D eigenvalue weighted by Gasteiger charge is 2.65. The zero-order valence-corrected chi connectivity index (χ0v) is 18.4. The fraction of sp³-hybridized carbons (Fsp3) is 0.625. The number of piperidine rings is 1. The normalized spacial score (nSPS) is 46.0. The molecule has 10 heteroatoms. The van der Waals surface area contributed by atoms with Gasteiger partial charge in [0.25, 0.3) is 0 Å². The number of carboxylic acids is 1. The summed E-state index contributed by atoms with van der Waals surface area (Å²) in [5.41, 5.74) is 1.29. The van der Waals surface area contributed by atoms with Gasteiger partial charge in [0, 0.05) is 27.1 Å². The number of likely N-dealkylation sites (tertiary alicyclic amines) is 1. The number of benzene rings is 1. The van der Waals surface area contributed by atoms with Crippen LogP contribution in [0.3, 0.4) is 0 Å². The molecule has 3 aliphatic heterocycles. The molecular formula is C24H29NO9. The molecule has 2 fully saturated rings. The van der Waals surface area contributed by atoms with Crippen molar-refractivity contribution in [1.82, 2.24) is 4.90 Å². The molecule has 1 spiro atoms. The van der Waals surface area contributed by atoms with Crippen molar-refractivity contribution in [2.75, 3.05) is 20.6 Å². The maximum Gasteiger partial charge on any atom is 0.335 e. The summed E-state index contributed by atoms with van der Waals surface area (Å²) in [6, 6.07) is 3.43. The van der Waals surface area contributed by atoms with Crippen LogP contribution in [-0.2, 0) is 26.1 Å². The van der Waals surface area contributed by atoms with Gasteiger partial charge in [-0.3, -0.25) is 0 Å². The molecule has 4 N–H and O–H groups in total. The number of hydrogen-bond donors (Lipinski definition) is 4. The van der Waals surface area contributed by atoms with Crippen LogP contribution in [0.4, 0.5) is 0 Å². The van der Waals surface area contributed by atoms with E-state index in [4.69, 9.17) is 23.1 Å². The Morgan fingerprint density at radius 1 is 1.24 bits per heavy atom. The van der Waals surface area contributed by atoms with Gasteiger partial charge in [-0.1, -0.05) is 18.2 Å². The molecule has 184 valence electrons. The van der Waals surface area contributed by atoms with Gasteiger partial charge >= 0.3 is 5.97 Å². The Morgan fingerprint density at radius 2 is 2.06 bits per heavy atom. The predicted octanol–water partition coefficient (Wildman–Crippen LogP) is -0.582. The minimum atomic E-state index is -2.27. The molecule has 6 rings (SSSR count). The van der Waals surface area contributed by atoms with Crippen molar-refractivity contribution in [3.05, 3.63) is 35.4 Å². The second-order valence-corrected chi connectivity index (χ2v) is 9.67. The highest BCUT2D eigenvalue weighted by Crippen LogP contribution is 2.62. The molecule has 5 aliphatic rings. The first-order valence-electron chi connectivity index (χ1n) is 12.9. The molecule has 0 aromatic heterocycles. The van der Waals surface area contributed by atoms with Gasteiger partial charge in [-0.15, -0.1) is 0 Å². The van der Waals surface area contributed by atoms with E-state index in [1.54, 1.807) is 24.2 Å². The highest BCUT2D eigenvalue weighted by molar-refractivity contribution is 5.73. The zero-order valence-electron chi connectivity index (χ0n) is 21.4. The van der Waals surface area contributed by atoms with E-state index in [0.717, 1.165) is 11.1 Å². The summed E-state index contributed by atoms with van der Waals surface area (Å²) in [5, 5.41) is 40.2. The fourth-order valence-electron chi connectivity index (χ4n) is 6.62. The summed E-state index contributed by atoms with van der Waals surface area (Å²) in [6.07, 6.45) is -5.56. The number of aliphatic carboxylic acids is 1. The molecule has 0 radical (unpaired) electrons. The Hall–Kier alpha value is -2.21. The number of methoxy groups -OCH3 is 1. The third-order valence-electron chi connectivity index (χ3n) is 8.16. The van der Waals surface area contributed by atoms with E-state index in [9.17, 15) is 25.2 Å². The lowest BCUT2D eigenvalue weighted by atomic mass is 9.53. The SMILES string of the molecule is [2H]C([2H])([2H])N1CC[C@]23c4c5ccc(OC)c4O[C@H]2[C@@H](O[C@@H]2O[C@H](C(=O)O)[C@@H](O)[C@H](O)[C@H]2O)C=C[C@H]3[C@H]1C5. The van der Waals surface area contributed by atoms with Crippen LogP contribution in [0, 0.1) is 5.92 Å². The van der Waals surface area contributed by atoms with Crippen LogP contribution in [0.25, 0.3) is 0 Å². The van der Waals surface area contributed by atoms with Crippen LogP contribution < -0.4 is 9.47 Å². The van der Waals surface area contributed by atoms with E-state index >= 15 is 0 Å². The summed E-state index contributed by atoms with van der Waals surface area (Å²) >= 11 is 0. The molecule has 34 heavy (non-hydrogen) atoms. The second kappa shape index (κ2) is 7.64. The average molecular weight is 479 g/mol. The maximum atomic E-state index is 11.6. The number of hydrogen-bond acceptors (Lipinski definition) is 9. The van der Waals surface area contributed by atoms with E-state index in [1.807, 2.05) is 12.1 Å². The van der Waals surface area contributed by atoms with Crippen LogP contribution in [0.15, 0.2) is 24.3 Å². The quantitative estimate of drug-likeness (QED) is 0.416. The standard InChI is InChI=1S/C24H29NO9/c1-25-8-7-24-11-4-6-14(32-23-18(28)16(26)17(27)20(34-23)22(29)30)21(24)33-19-13(31-2)5-3-10(15(19)24)9-12(11)25/h3-6,11-12,14,16-18,20-21,23,26-28H,7-9H2,1-2H3,(H,29,30)/t11-,12+,14-,16-,17-,18+,20-,21-,23+,24-/m0/s1/i1D3. The summed E-state index contributed by atoms with van der Waals surface area (Å²) in [5.74, 6) is -0.605. The summed E-state index contributed by atoms with van der Waals surface area (Å²) in [4.78, 5) is 13.1. The van der Waals surface area contributed by atoms with E-state index in [2.05, 4.69) is 0 Å². The molecule has 0 saturated carbocycles. The van der Waals surface area contributed by atoms with Gasteiger partial charge in [-0.05, 0) is 38.0 Å². The van der Waals surface area contributed by atoms with Crippen molar-refractivity contribution < 1.29 is 48.3 Å². The molecule has 2 saturated heterocycles. The third-order valence-corrected chi connectivity index (χ3v) is 8.16. The van der Waals surface area contributed by atoms with Crippen LogP contribution >= 0.6 is 0 Å². The van der Waals surface area contributed by atoms with Crippen molar-refractivity contribution in [3.63, 3.8) is 0 Å². The number of carboxylic acid groups (broad SMARTS) is 1. The van der Waals surface area contributed by atoms with Crippen molar-refractivity contribution in [1.29, 1.82) is 0 Å². The Kier molecular flexibility index (Phi) is 4.28. The topological polar surface area (TPSA) is 138 Å². The molecule has 10 nitrogen and oxygen atoms in total.